The number of aromatic amines is 1. The Morgan fingerprint density at radius 2 is 1.92 bits per heavy atom. The first-order valence-corrected chi connectivity index (χ1v) is 12.7. The number of H-pyrrole nitrogens is 1. The minimum absolute atomic E-state index is 0.176. The molecule has 1 saturated heterocycles. The lowest BCUT2D eigenvalue weighted by molar-refractivity contribution is -0.149. The van der Waals surface area contributed by atoms with Crippen molar-refractivity contribution in [2.45, 2.75) is 63.9 Å². The zero-order valence-corrected chi connectivity index (χ0v) is 21.1. The Labute approximate surface area is 206 Å². The summed E-state index contributed by atoms with van der Waals surface area (Å²) in [6.07, 6.45) is -3.54. The van der Waals surface area contributed by atoms with Crippen LogP contribution in [0.4, 0.5) is 0 Å². The Morgan fingerprint density at radius 1 is 1.25 bits per heavy atom. The highest BCUT2D eigenvalue weighted by atomic mass is 31.2. The molecule has 1 aliphatic heterocycles. The number of aliphatic hydroxyl groups excluding tert-OH is 1. The summed E-state index contributed by atoms with van der Waals surface area (Å²) in [7, 11) is -4.26. The molecular weight excluding hydrogens is 497 g/mol. The predicted molar refractivity (Wildman–Crippen MR) is 126 cm³/mol. The van der Waals surface area contributed by atoms with Crippen LogP contribution >= 0.6 is 7.75 Å². The number of rotatable bonds is 10. The molecule has 0 unspecified atom stereocenters. The number of nitrogens with one attached hydrogen (secondary N) is 2. The Balaban J connectivity index is 1.80. The van der Waals surface area contributed by atoms with Crippen molar-refractivity contribution in [1.82, 2.24) is 14.6 Å². The van der Waals surface area contributed by atoms with Gasteiger partial charge in [0.15, 0.2) is 6.23 Å². The lowest BCUT2D eigenvalue weighted by atomic mass is 9.96. The van der Waals surface area contributed by atoms with Crippen molar-refractivity contribution in [2.24, 2.45) is 0 Å². The van der Waals surface area contributed by atoms with Crippen LogP contribution in [0.25, 0.3) is 0 Å². The van der Waals surface area contributed by atoms with Crippen molar-refractivity contribution < 1.29 is 38.1 Å². The minimum atomic E-state index is -4.26. The van der Waals surface area contributed by atoms with Crippen LogP contribution in [0.1, 0.15) is 33.9 Å². The number of aromatic nitrogens is 2. The molecule has 36 heavy (non-hydrogen) atoms. The molecule has 198 valence electrons. The van der Waals surface area contributed by atoms with E-state index in [-0.39, 0.29) is 5.75 Å². The molecule has 1 aromatic carbocycles. The molecule has 4 N–H and O–H groups in total. The molecule has 0 spiro atoms. The zero-order chi connectivity index (χ0) is 26.7. The van der Waals surface area contributed by atoms with Crippen molar-refractivity contribution in [3.8, 4) is 5.75 Å². The van der Waals surface area contributed by atoms with Gasteiger partial charge < -0.3 is 24.2 Å². The average Bonchev–Trinajstić information content (AvgIpc) is 3.01. The van der Waals surface area contributed by atoms with Crippen molar-refractivity contribution in [3.63, 3.8) is 0 Å². The molecule has 1 fully saturated rings. The third kappa shape index (κ3) is 6.49. The number of nitrogens with zero attached hydrogens (tertiary/aromatic N) is 1. The first-order chi connectivity index (χ1) is 16.8. The Bertz CT molecular complexity index is 1210. The van der Waals surface area contributed by atoms with Gasteiger partial charge in [0.25, 0.3) is 5.56 Å². The van der Waals surface area contributed by atoms with Crippen LogP contribution in [0.5, 0.6) is 5.75 Å². The van der Waals surface area contributed by atoms with E-state index in [2.05, 4.69) is 5.09 Å². The quantitative estimate of drug-likeness (QED) is 0.252. The van der Waals surface area contributed by atoms with Crippen LogP contribution in [0, 0.1) is 0 Å². The Morgan fingerprint density at radius 3 is 2.53 bits per heavy atom. The second kappa shape index (κ2) is 11.1. The van der Waals surface area contributed by atoms with Crippen molar-refractivity contribution in [1.29, 1.82) is 0 Å². The smallest absolute Gasteiger partial charge is 0.459 e. The number of esters is 1. The van der Waals surface area contributed by atoms with E-state index in [4.69, 9.17) is 18.5 Å². The highest BCUT2D eigenvalue weighted by molar-refractivity contribution is 7.52. The number of ether oxygens (including phenoxy) is 2. The fraction of sp³-hybridized carbons (Fsp3) is 0.500. The van der Waals surface area contributed by atoms with Gasteiger partial charge in [-0.05, 0) is 39.8 Å². The predicted octanol–water partition coefficient (Wildman–Crippen LogP) is 0.679. The van der Waals surface area contributed by atoms with Gasteiger partial charge in [0, 0.05) is 12.3 Å². The summed E-state index contributed by atoms with van der Waals surface area (Å²) in [5.41, 5.74) is -3.49. The molecule has 14 heteroatoms. The van der Waals surface area contributed by atoms with Gasteiger partial charge in [0.1, 0.15) is 29.6 Å². The fourth-order valence-electron chi connectivity index (χ4n) is 3.50. The van der Waals surface area contributed by atoms with E-state index in [0.29, 0.717) is 0 Å². The summed E-state index contributed by atoms with van der Waals surface area (Å²) in [5.74, 6) is -0.515. The largest absolute Gasteiger partial charge is 0.462 e. The van der Waals surface area contributed by atoms with Gasteiger partial charge in [-0.3, -0.25) is 23.7 Å². The van der Waals surface area contributed by atoms with Gasteiger partial charge in [-0.1, -0.05) is 18.2 Å². The van der Waals surface area contributed by atoms with Crippen LogP contribution in [-0.4, -0.2) is 62.3 Å². The fourth-order valence-corrected chi connectivity index (χ4v) is 5.00. The Kier molecular flexibility index (Phi) is 8.55. The number of carbonyl (C=O) groups excluding carboxylic acids is 1. The summed E-state index contributed by atoms with van der Waals surface area (Å²) < 4.78 is 36.3. The van der Waals surface area contributed by atoms with E-state index in [1.807, 2.05) is 4.98 Å². The van der Waals surface area contributed by atoms with E-state index in [9.17, 15) is 29.2 Å². The highest BCUT2D eigenvalue weighted by Crippen LogP contribution is 2.46. The normalized spacial score (nSPS) is 26.4. The number of carbonyl (C=O) groups is 1. The number of aliphatic hydroxyl groups is 2. The number of hydrogen-bond acceptors (Lipinski definition) is 10. The second-order valence-corrected chi connectivity index (χ2v) is 10.4. The summed E-state index contributed by atoms with van der Waals surface area (Å²) in [5, 5.41) is 24.0. The van der Waals surface area contributed by atoms with Crippen molar-refractivity contribution >= 4 is 13.7 Å². The molecule has 2 heterocycles. The number of benzene rings is 1. The van der Waals surface area contributed by atoms with E-state index >= 15 is 0 Å². The molecule has 3 rings (SSSR count). The maximum Gasteiger partial charge on any atom is 0.459 e. The van der Waals surface area contributed by atoms with Gasteiger partial charge in [-0.2, -0.15) is 5.09 Å². The summed E-state index contributed by atoms with van der Waals surface area (Å²) in [4.78, 5) is 37.9. The van der Waals surface area contributed by atoms with Crippen LogP contribution in [0.15, 0.2) is 52.2 Å². The molecule has 0 saturated carbocycles. The molecule has 0 amide bonds. The van der Waals surface area contributed by atoms with Crippen LogP contribution in [0.2, 0.25) is 0 Å². The monoisotopic (exact) mass is 527 g/mol. The maximum atomic E-state index is 13.6. The molecule has 0 radical (unpaired) electrons. The molecule has 2 aromatic rings. The highest BCUT2D eigenvalue weighted by Gasteiger charge is 2.54. The average molecular weight is 527 g/mol. The first kappa shape index (κ1) is 27.8. The molecule has 1 aliphatic rings. The molecule has 1 aromatic heterocycles. The summed E-state index contributed by atoms with van der Waals surface area (Å²) in [6.45, 7) is 5.42. The number of hydrogen-bond donors (Lipinski definition) is 4. The molecule has 6 atom stereocenters. The van der Waals surface area contributed by atoms with Gasteiger partial charge in [0.05, 0.1) is 12.7 Å². The van der Waals surface area contributed by atoms with Gasteiger partial charge in [-0.15, -0.1) is 0 Å². The third-order valence-electron chi connectivity index (χ3n) is 5.29. The first-order valence-electron chi connectivity index (χ1n) is 11.2. The van der Waals surface area contributed by atoms with Gasteiger partial charge in [0.2, 0.25) is 0 Å². The molecule has 0 bridgehead atoms. The van der Waals surface area contributed by atoms with E-state index in [1.165, 1.54) is 26.0 Å². The second-order valence-electron chi connectivity index (χ2n) is 8.75. The lowest BCUT2D eigenvalue weighted by Crippen LogP contribution is -2.47. The summed E-state index contributed by atoms with van der Waals surface area (Å²) in [6, 6.07) is 8.02. The van der Waals surface area contributed by atoms with Crippen molar-refractivity contribution in [2.75, 3.05) is 6.61 Å². The van der Waals surface area contributed by atoms with E-state index in [1.54, 1.807) is 32.0 Å². The van der Waals surface area contributed by atoms with Crippen LogP contribution < -0.4 is 20.9 Å². The minimum Gasteiger partial charge on any atom is -0.462 e. The Hall–Kier alpha value is -2.80. The summed E-state index contributed by atoms with van der Waals surface area (Å²) >= 11 is 0. The lowest BCUT2D eigenvalue weighted by Gasteiger charge is -2.27. The SMILES string of the molecule is CC(C)OC(=O)[C@H](C)N[P@@](=O)(OC[C@H]1O[C@@H](n2ccc(=O)[nH]c2=O)[C@@](C)(O)[C@@H]1O)Oc1ccccc1. The number of para-hydroxylation sites is 1. The van der Waals surface area contributed by atoms with Gasteiger partial charge >= 0.3 is 19.4 Å². The molecule has 13 nitrogen and oxygen atoms in total. The molecular formula is C22H30N3O10P. The molecule has 0 aliphatic carbocycles. The maximum absolute atomic E-state index is 13.6. The zero-order valence-electron chi connectivity index (χ0n) is 20.2. The van der Waals surface area contributed by atoms with Gasteiger partial charge in [-0.25, -0.2) is 9.36 Å². The van der Waals surface area contributed by atoms with E-state index < -0.39 is 67.8 Å². The third-order valence-corrected chi connectivity index (χ3v) is 6.94. The van der Waals surface area contributed by atoms with Crippen LogP contribution in [-0.2, 0) is 23.4 Å². The standard InChI is InChI=1S/C22H30N3O10P/c1-13(2)33-19(28)14(3)24-36(31,35-15-8-6-5-7-9-15)32-12-16-18(27)22(4,30)20(34-16)25-11-10-17(26)23-21(25)29/h5-11,13-14,16,18,20,27,30H,12H2,1-4H3,(H,24,31)(H,23,26,29)/t14-,16+,18+,20+,22-,36+/m0/s1. The topological polar surface area (TPSA) is 178 Å². The van der Waals surface area contributed by atoms with E-state index in [0.717, 1.165) is 16.8 Å². The van der Waals surface area contributed by atoms with Crippen molar-refractivity contribution in [3.05, 3.63) is 63.4 Å². The van der Waals surface area contributed by atoms with Crippen LogP contribution in [0.3, 0.4) is 0 Å².